The van der Waals surface area contributed by atoms with E-state index in [2.05, 4.69) is 48.5 Å². The molecule has 3 aromatic rings. The van der Waals surface area contributed by atoms with Crippen LogP contribution in [0.5, 0.6) is 0 Å². The Morgan fingerprint density at radius 1 is 0.680 bits per heavy atom. The zero-order chi connectivity index (χ0) is 18.2. The minimum atomic E-state index is -1.12. The number of aromatic carboxylic acids is 2. The van der Waals surface area contributed by atoms with Gasteiger partial charge in [-0.1, -0.05) is 66.7 Å². The third-order valence-corrected chi connectivity index (χ3v) is 3.60. The van der Waals surface area contributed by atoms with E-state index in [1.165, 1.54) is 23.3 Å². The lowest BCUT2D eigenvalue weighted by atomic mass is 10.1. The average molecular weight is 334 g/mol. The van der Waals surface area contributed by atoms with Crippen LogP contribution in [0.3, 0.4) is 0 Å². The molecule has 25 heavy (non-hydrogen) atoms. The monoisotopic (exact) mass is 334 g/mol. The van der Waals surface area contributed by atoms with Gasteiger partial charge in [0, 0.05) is 0 Å². The highest BCUT2D eigenvalue weighted by Crippen LogP contribution is 2.17. The van der Waals surface area contributed by atoms with Crippen molar-refractivity contribution < 1.29 is 19.8 Å². The zero-order valence-electron chi connectivity index (χ0n) is 13.7. The number of carbonyl (C=O) groups is 2. The Balaban J connectivity index is 0.000000181. The highest BCUT2D eigenvalue weighted by Gasteiger charge is 2.10. The maximum absolute atomic E-state index is 10.6. The number of hydrogen-bond donors (Lipinski definition) is 2. The number of carboxylic acids is 2. The van der Waals surface area contributed by atoms with E-state index in [-0.39, 0.29) is 11.1 Å². The first-order chi connectivity index (χ1) is 12.0. The maximum atomic E-state index is 10.6. The van der Waals surface area contributed by atoms with E-state index >= 15 is 0 Å². The molecule has 0 atom stereocenters. The van der Waals surface area contributed by atoms with Crippen LogP contribution in [0.25, 0.3) is 11.1 Å². The lowest BCUT2D eigenvalue weighted by Gasteiger charge is -2.01. The van der Waals surface area contributed by atoms with Crippen molar-refractivity contribution in [1.82, 2.24) is 0 Å². The minimum absolute atomic E-state index is 0.0111. The first kappa shape index (κ1) is 17.9. The molecular formula is C21H18O4. The van der Waals surface area contributed by atoms with E-state index in [0.717, 1.165) is 6.07 Å². The van der Waals surface area contributed by atoms with E-state index in [0.29, 0.717) is 5.56 Å². The fourth-order valence-electron chi connectivity index (χ4n) is 2.25. The lowest BCUT2D eigenvalue weighted by Crippen LogP contribution is -2.03. The van der Waals surface area contributed by atoms with E-state index in [4.69, 9.17) is 10.2 Å². The molecule has 0 heterocycles. The first-order valence-corrected chi connectivity index (χ1v) is 7.66. The van der Waals surface area contributed by atoms with Crippen LogP contribution in [0, 0.1) is 6.92 Å². The number of hydrogen-bond acceptors (Lipinski definition) is 2. The fourth-order valence-corrected chi connectivity index (χ4v) is 2.25. The molecular weight excluding hydrogens is 316 g/mol. The third kappa shape index (κ3) is 5.04. The van der Waals surface area contributed by atoms with E-state index < -0.39 is 11.9 Å². The van der Waals surface area contributed by atoms with Gasteiger partial charge in [0.2, 0.25) is 0 Å². The van der Waals surface area contributed by atoms with Crippen LogP contribution in [-0.4, -0.2) is 22.2 Å². The lowest BCUT2D eigenvalue weighted by molar-refractivity contribution is 0.0695. The molecule has 4 heteroatoms. The molecule has 0 amide bonds. The summed E-state index contributed by atoms with van der Waals surface area (Å²) in [6.07, 6.45) is 0. The molecule has 0 spiro atoms. The Kier molecular flexibility index (Phi) is 6.07. The molecule has 0 aliphatic carbocycles. The number of carboxylic acid groups (broad SMARTS) is 2. The van der Waals surface area contributed by atoms with Crippen molar-refractivity contribution in [1.29, 1.82) is 0 Å². The van der Waals surface area contributed by atoms with E-state index in [1.807, 2.05) is 12.1 Å². The summed E-state index contributed by atoms with van der Waals surface area (Å²) in [6, 6.07) is 24.8. The number of aryl methyl sites for hydroxylation is 1. The van der Waals surface area contributed by atoms with Gasteiger partial charge in [0.25, 0.3) is 0 Å². The largest absolute Gasteiger partial charge is 0.478 e. The Morgan fingerprint density at radius 3 is 1.56 bits per heavy atom. The van der Waals surface area contributed by atoms with Crippen LogP contribution in [0.1, 0.15) is 26.3 Å². The van der Waals surface area contributed by atoms with Gasteiger partial charge in [-0.05, 0) is 35.7 Å². The van der Waals surface area contributed by atoms with Crippen molar-refractivity contribution >= 4 is 11.9 Å². The standard InChI is InChI=1S/C12H10.C9H8O4/c1-3-7-11(8-4-1)12-9-5-2-6-10-12;1-5-2-3-6(8(10)11)4-7(5)9(12)13/h1-10H;2-4H,1H3,(H,10,11)(H,12,13). The van der Waals surface area contributed by atoms with Gasteiger partial charge in [0.15, 0.2) is 0 Å². The van der Waals surface area contributed by atoms with Gasteiger partial charge in [-0.15, -0.1) is 0 Å². The van der Waals surface area contributed by atoms with Gasteiger partial charge in [-0.2, -0.15) is 0 Å². The van der Waals surface area contributed by atoms with Gasteiger partial charge < -0.3 is 10.2 Å². The molecule has 0 fully saturated rings. The van der Waals surface area contributed by atoms with Crippen molar-refractivity contribution in [2.75, 3.05) is 0 Å². The normalized spacial score (nSPS) is 9.64. The summed E-state index contributed by atoms with van der Waals surface area (Å²) >= 11 is 0. The van der Waals surface area contributed by atoms with Crippen molar-refractivity contribution in [3.8, 4) is 11.1 Å². The molecule has 0 bridgehead atoms. The molecule has 0 aliphatic rings. The van der Waals surface area contributed by atoms with E-state index in [9.17, 15) is 9.59 Å². The number of rotatable bonds is 3. The molecule has 4 nitrogen and oxygen atoms in total. The zero-order valence-corrected chi connectivity index (χ0v) is 13.7. The molecule has 126 valence electrons. The molecule has 0 saturated carbocycles. The van der Waals surface area contributed by atoms with Crippen molar-refractivity contribution in [2.24, 2.45) is 0 Å². The van der Waals surface area contributed by atoms with Crippen LogP contribution in [0.15, 0.2) is 78.9 Å². The quantitative estimate of drug-likeness (QED) is 0.725. The summed E-state index contributed by atoms with van der Waals surface area (Å²) in [5, 5.41) is 17.3. The topological polar surface area (TPSA) is 74.6 Å². The van der Waals surface area contributed by atoms with Gasteiger partial charge >= 0.3 is 11.9 Å². The second-order valence-corrected chi connectivity index (χ2v) is 5.37. The van der Waals surface area contributed by atoms with Crippen LogP contribution >= 0.6 is 0 Å². The summed E-state index contributed by atoms with van der Waals surface area (Å²) < 4.78 is 0. The van der Waals surface area contributed by atoms with Crippen molar-refractivity contribution in [3.05, 3.63) is 95.6 Å². The SMILES string of the molecule is Cc1ccc(C(=O)O)cc1C(=O)O.c1ccc(-c2ccccc2)cc1. The van der Waals surface area contributed by atoms with Gasteiger partial charge in [-0.3, -0.25) is 0 Å². The van der Waals surface area contributed by atoms with Gasteiger partial charge in [-0.25, -0.2) is 9.59 Å². The van der Waals surface area contributed by atoms with Crippen LogP contribution in [-0.2, 0) is 0 Å². The highest BCUT2D eigenvalue weighted by atomic mass is 16.4. The van der Waals surface area contributed by atoms with Crippen LogP contribution in [0.2, 0.25) is 0 Å². The Labute approximate surface area is 146 Å². The van der Waals surface area contributed by atoms with Gasteiger partial charge in [0.05, 0.1) is 11.1 Å². The summed E-state index contributed by atoms with van der Waals surface area (Å²) in [6.45, 7) is 1.62. The molecule has 0 unspecified atom stereocenters. The Morgan fingerprint density at radius 2 is 1.16 bits per heavy atom. The van der Waals surface area contributed by atoms with Gasteiger partial charge in [0.1, 0.15) is 0 Å². The molecule has 0 aliphatic heterocycles. The molecule has 0 saturated heterocycles. The third-order valence-electron chi connectivity index (χ3n) is 3.60. The number of benzene rings is 3. The predicted molar refractivity (Wildman–Crippen MR) is 97.0 cm³/mol. The summed E-state index contributed by atoms with van der Waals surface area (Å²) in [5.74, 6) is -2.23. The second kappa shape index (κ2) is 8.45. The minimum Gasteiger partial charge on any atom is -0.478 e. The second-order valence-electron chi connectivity index (χ2n) is 5.37. The maximum Gasteiger partial charge on any atom is 0.335 e. The molecule has 0 aromatic heterocycles. The first-order valence-electron chi connectivity index (χ1n) is 7.66. The molecule has 2 N–H and O–H groups in total. The van der Waals surface area contributed by atoms with Crippen LogP contribution < -0.4 is 0 Å². The summed E-state index contributed by atoms with van der Waals surface area (Å²) in [5.41, 5.74) is 3.12. The molecule has 3 rings (SSSR count). The van der Waals surface area contributed by atoms with E-state index in [1.54, 1.807) is 6.92 Å². The Hall–Kier alpha value is -3.40. The molecule has 0 radical (unpaired) electrons. The summed E-state index contributed by atoms with van der Waals surface area (Å²) in [7, 11) is 0. The van der Waals surface area contributed by atoms with Crippen LogP contribution in [0.4, 0.5) is 0 Å². The van der Waals surface area contributed by atoms with Crippen molar-refractivity contribution in [3.63, 3.8) is 0 Å². The smallest absolute Gasteiger partial charge is 0.335 e. The fraction of sp³-hybridized carbons (Fsp3) is 0.0476. The van der Waals surface area contributed by atoms with Crippen molar-refractivity contribution in [2.45, 2.75) is 6.92 Å². The highest BCUT2D eigenvalue weighted by molar-refractivity contribution is 5.94. The predicted octanol–water partition coefficient (Wildman–Crippen LogP) is 4.75. The molecule has 3 aromatic carbocycles. The summed E-state index contributed by atoms with van der Waals surface area (Å²) in [4.78, 5) is 21.1. The average Bonchev–Trinajstić information content (AvgIpc) is 2.63. The Bertz CT molecular complexity index is 818.